The number of nitrogens with zero attached hydrogens (tertiary/aromatic N) is 2. The van der Waals surface area contributed by atoms with E-state index in [1.807, 2.05) is 29.0 Å². The van der Waals surface area contributed by atoms with E-state index < -0.39 is 18.2 Å². The third kappa shape index (κ3) is 3.43. The molecule has 1 aliphatic heterocycles. The number of hydrogen-bond acceptors (Lipinski definition) is 5. The largest absolute Gasteiger partial charge is 0.493 e. The lowest BCUT2D eigenvalue weighted by atomic mass is 10.0. The molecular weight excluding hydrogens is 396 g/mol. The van der Waals surface area contributed by atoms with Crippen LogP contribution < -0.4 is 9.47 Å². The standard InChI is InChI=1S/C21H19ClN2O5/c1-27-16-7-8-23-19(21(16)28-2)20-13-10-12(22)5-6-14(13)24-9-3-4-15(24)17(29-20)11-18(25)26/h3-10,17,20H,11H2,1-2H3,(H,25,26)/t17-,20-/m1/s1. The number of fused-ring (bicyclic) bond motifs is 3. The normalized spacial score (nSPS) is 17.8. The first-order valence-corrected chi connectivity index (χ1v) is 9.32. The highest BCUT2D eigenvalue weighted by Crippen LogP contribution is 2.45. The van der Waals surface area contributed by atoms with Crippen LogP contribution in [0.25, 0.3) is 5.69 Å². The highest BCUT2D eigenvalue weighted by molar-refractivity contribution is 6.30. The Morgan fingerprint density at radius 2 is 2.10 bits per heavy atom. The number of pyridine rings is 1. The number of carboxylic acids is 1. The average molecular weight is 415 g/mol. The smallest absolute Gasteiger partial charge is 0.306 e. The van der Waals surface area contributed by atoms with Crippen molar-refractivity contribution >= 4 is 17.6 Å². The van der Waals surface area contributed by atoms with E-state index >= 15 is 0 Å². The van der Waals surface area contributed by atoms with Gasteiger partial charge in [-0.2, -0.15) is 0 Å². The van der Waals surface area contributed by atoms with Crippen LogP contribution in [-0.4, -0.2) is 34.8 Å². The lowest BCUT2D eigenvalue weighted by molar-refractivity contribution is -0.141. The molecule has 0 fully saturated rings. The predicted octanol–water partition coefficient (Wildman–Crippen LogP) is 4.18. The summed E-state index contributed by atoms with van der Waals surface area (Å²) in [4.78, 5) is 16.0. The molecule has 0 radical (unpaired) electrons. The predicted molar refractivity (Wildman–Crippen MR) is 106 cm³/mol. The maximum absolute atomic E-state index is 11.5. The SMILES string of the molecule is COc1ccnc([C@@H]2O[C@H](CC(=O)O)c3cccn3-c3ccc(Cl)cc32)c1OC. The summed E-state index contributed by atoms with van der Waals surface area (Å²) in [6, 6.07) is 10.9. The van der Waals surface area contributed by atoms with E-state index in [0.717, 1.165) is 16.9 Å². The summed E-state index contributed by atoms with van der Waals surface area (Å²) in [6.07, 6.45) is 1.86. The third-order valence-electron chi connectivity index (χ3n) is 4.87. The highest BCUT2D eigenvalue weighted by atomic mass is 35.5. The number of methoxy groups -OCH3 is 2. The Bertz CT molecular complexity index is 1060. The van der Waals surface area contributed by atoms with Crippen molar-refractivity contribution < 1.29 is 24.1 Å². The van der Waals surface area contributed by atoms with Crippen molar-refractivity contribution in [3.63, 3.8) is 0 Å². The van der Waals surface area contributed by atoms with Crippen LogP contribution in [0.3, 0.4) is 0 Å². The Morgan fingerprint density at radius 3 is 2.83 bits per heavy atom. The molecule has 0 amide bonds. The lowest BCUT2D eigenvalue weighted by Crippen LogP contribution is -2.15. The molecular formula is C21H19ClN2O5. The van der Waals surface area contributed by atoms with Crippen molar-refractivity contribution in [1.29, 1.82) is 0 Å². The molecule has 2 aromatic heterocycles. The van der Waals surface area contributed by atoms with Crippen LogP contribution >= 0.6 is 11.6 Å². The first kappa shape index (κ1) is 19.3. The van der Waals surface area contributed by atoms with Crippen LogP contribution in [0.2, 0.25) is 5.02 Å². The van der Waals surface area contributed by atoms with Crippen LogP contribution in [0.4, 0.5) is 0 Å². The molecule has 1 aromatic carbocycles. The van der Waals surface area contributed by atoms with Crippen molar-refractivity contribution in [2.24, 2.45) is 0 Å². The fourth-order valence-corrected chi connectivity index (χ4v) is 3.84. The Kier molecular flexibility index (Phi) is 5.17. The molecule has 2 atom stereocenters. The molecule has 29 heavy (non-hydrogen) atoms. The number of carboxylic acid groups (broad SMARTS) is 1. The summed E-state index contributed by atoms with van der Waals surface area (Å²) in [6.45, 7) is 0. The van der Waals surface area contributed by atoms with E-state index in [2.05, 4.69) is 4.98 Å². The van der Waals surface area contributed by atoms with Gasteiger partial charge in [0.2, 0.25) is 0 Å². The zero-order valence-corrected chi connectivity index (χ0v) is 16.6. The molecule has 0 saturated heterocycles. The van der Waals surface area contributed by atoms with Crippen LogP contribution in [-0.2, 0) is 9.53 Å². The molecule has 3 aromatic rings. The van der Waals surface area contributed by atoms with E-state index in [1.54, 1.807) is 31.5 Å². The van der Waals surface area contributed by atoms with Gasteiger partial charge < -0.3 is 23.9 Å². The molecule has 0 spiro atoms. The average Bonchev–Trinajstić information content (AvgIpc) is 3.15. The molecule has 7 nitrogen and oxygen atoms in total. The van der Waals surface area contributed by atoms with Crippen molar-refractivity contribution in [1.82, 2.24) is 9.55 Å². The van der Waals surface area contributed by atoms with Crippen LogP contribution in [0.5, 0.6) is 11.5 Å². The van der Waals surface area contributed by atoms with E-state index in [1.165, 1.54) is 7.11 Å². The van der Waals surface area contributed by atoms with Gasteiger partial charge in [-0.3, -0.25) is 9.78 Å². The first-order valence-electron chi connectivity index (χ1n) is 8.94. The number of rotatable bonds is 5. The highest BCUT2D eigenvalue weighted by Gasteiger charge is 2.34. The number of benzene rings is 1. The maximum atomic E-state index is 11.5. The van der Waals surface area contributed by atoms with Crippen LogP contribution in [0, 0.1) is 0 Å². The molecule has 8 heteroatoms. The van der Waals surface area contributed by atoms with Gasteiger partial charge in [0.05, 0.1) is 32.0 Å². The topological polar surface area (TPSA) is 82.8 Å². The van der Waals surface area contributed by atoms with E-state index in [0.29, 0.717) is 22.2 Å². The molecule has 1 aliphatic rings. The lowest BCUT2D eigenvalue weighted by Gasteiger charge is -2.23. The van der Waals surface area contributed by atoms with Gasteiger partial charge in [-0.1, -0.05) is 11.6 Å². The second kappa shape index (κ2) is 7.77. The van der Waals surface area contributed by atoms with Crippen molar-refractivity contribution in [3.05, 3.63) is 70.8 Å². The molecule has 4 rings (SSSR count). The zero-order valence-electron chi connectivity index (χ0n) is 15.8. The number of carbonyl (C=O) groups is 1. The Labute approximate surface area is 172 Å². The number of hydrogen-bond donors (Lipinski definition) is 1. The number of aliphatic carboxylic acids is 1. The fourth-order valence-electron chi connectivity index (χ4n) is 3.66. The Morgan fingerprint density at radius 1 is 1.28 bits per heavy atom. The van der Waals surface area contributed by atoms with Crippen molar-refractivity contribution in [3.8, 4) is 17.2 Å². The van der Waals surface area contributed by atoms with Crippen LogP contribution in [0.15, 0.2) is 48.8 Å². The van der Waals surface area contributed by atoms with Gasteiger partial charge in [0, 0.05) is 29.0 Å². The van der Waals surface area contributed by atoms with Gasteiger partial charge in [-0.15, -0.1) is 0 Å². The summed E-state index contributed by atoms with van der Waals surface area (Å²) in [7, 11) is 3.07. The second-order valence-corrected chi connectivity index (χ2v) is 6.98. The number of ether oxygens (including phenoxy) is 3. The third-order valence-corrected chi connectivity index (χ3v) is 5.11. The van der Waals surface area contributed by atoms with Gasteiger partial charge >= 0.3 is 5.97 Å². The molecule has 0 saturated carbocycles. The minimum Gasteiger partial charge on any atom is -0.493 e. The van der Waals surface area contributed by atoms with E-state index in [4.69, 9.17) is 25.8 Å². The maximum Gasteiger partial charge on any atom is 0.306 e. The van der Waals surface area contributed by atoms with Gasteiger partial charge in [-0.05, 0) is 30.3 Å². The number of aromatic nitrogens is 2. The van der Waals surface area contributed by atoms with Crippen molar-refractivity contribution in [2.45, 2.75) is 18.6 Å². The van der Waals surface area contributed by atoms with Gasteiger partial charge in [0.15, 0.2) is 11.5 Å². The molecule has 0 aliphatic carbocycles. The van der Waals surface area contributed by atoms with Crippen LogP contribution in [0.1, 0.15) is 35.6 Å². The summed E-state index contributed by atoms with van der Waals surface area (Å²) in [5.41, 5.74) is 2.80. The molecule has 1 N–H and O–H groups in total. The Hall–Kier alpha value is -3.03. The van der Waals surface area contributed by atoms with E-state index in [9.17, 15) is 9.90 Å². The Balaban J connectivity index is 1.96. The summed E-state index contributed by atoms with van der Waals surface area (Å²) < 4.78 is 19.2. The molecule has 150 valence electrons. The minimum atomic E-state index is -0.962. The summed E-state index contributed by atoms with van der Waals surface area (Å²) in [5, 5.41) is 9.98. The van der Waals surface area contributed by atoms with Crippen molar-refractivity contribution in [2.75, 3.05) is 14.2 Å². The first-order chi connectivity index (χ1) is 14.0. The number of halogens is 1. The fraction of sp³-hybridized carbons (Fsp3) is 0.238. The zero-order chi connectivity index (χ0) is 20.5. The summed E-state index contributed by atoms with van der Waals surface area (Å²) in [5.74, 6) is -0.0362. The van der Waals surface area contributed by atoms with E-state index in [-0.39, 0.29) is 6.42 Å². The molecule has 0 bridgehead atoms. The van der Waals surface area contributed by atoms with Gasteiger partial charge in [-0.25, -0.2) is 0 Å². The minimum absolute atomic E-state index is 0.200. The molecule has 3 heterocycles. The second-order valence-electron chi connectivity index (χ2n) is 6.54. The molecule has 0 unspecified atom stereocenters. The van der Waals surface area contributed by atoms with Gasteiger partial charge in [0.25, 0.3) is 0 Å². The monoisotopic (exact) mass is 414 g/mol. The van der Waals surface area contributed by atoms with Gasteiger partial charge in [0.1, 0.15) is 17.9 Å². The quantitative estimate of drug-likeness (QED) is 0.674. The summed E-state index contributed by atoms with van der Waals surface area (Å²) >= 11 is 6.30.